The lowest BCUT2D eigenvalue weighted by molar-refractivity contribution is -0.109. The van der Waals surface area contributed by atoms with Gasteiger partial charge in [0, 0.05) is 55.6 Å². The molecule has 1 saturated heterocycles. The average molecular weight is 347 g/mol. The van der Waals surface area contributed by atoms with Crippen molar-refractivity contribution in [2.45, 2.75) is 38.8 Å². The number of fused-ring (bicyclic) bond motifs is 1. The first-order valence-corrected chi connectivity index (χ1v) is 8.73. The van der Waals surface area contributed by atoms with Crippen LogP contribution in [0.5, 0.6) is 0 Å². The Morgan fingerprint density at radius 1 is 1.44 bits per heavy atom. The molecule has 0 spiro atoms. The maximum atomic E-state index is 10.8. The first-order valence-electron chi connectivity index (χ1n) is 8.73. The third-order valence-corrected chi connectivity index (χ3v) is 4.62. The Morgan fingerprint density at radius 2 is 2.24 bits per heavy atom. The summed E-state index contributed by atoms with van der Waals surface area (Å²) in [5, 5.41) is 20.6. The molecule has 0 saturated carbocycles. The highest BCUT2D eigenvalue weighted by atomic mass is 16.5. The van der Waals surface area contributed by atoms with E-state index in [1.54, 1.807) is 0 Å². The van der Waals surface area contributed by atoms with E-state index < -0.39 is 0 Å². The standard InChI is InChI=1S/C17H25N5O3/c1-2-22-17-12(8-19-22)7-15(20-13-3-5-25-6-4-13)14(9-18-11-24)16(10-23)21-17/h8,11,13,20,23H,2-7,9-10H2,1H3,(H,18,24). The van der Waals surface area contributed by atoms with Gasteiger partial charge in [0.1, 0.15) is 0 Å². The van der Waals surface area contributed by atoms with Crippen molar-refractivity contribution in [2.75, 3.05) is 26.4 Å². The van der Waals surface area contributed by atoms with Crippen LogP contribution in [0.25, 0.3) is 0 Å². The fourth-order valence-corrected chi connectivity index (χ4v) is 3.28. The van der Waals surface area contributed by atoms with Gasteiger partial charge in [-0.3, -0.25) is 4.79 Å². The van der Waals surface area contributed by atoms with Gasteiger partial charge < -0.3 is 20.5 Å². The van der Waals surface area contributed by atoms with Crippen LogP contribution in [-0.2, 0) is 22.5 Å². The number of nitrogens with one attached hydrogen (secondary N) is 2. The van der Waals surface area contributed by atoms with Crippen molar-refractivity contribution in [2.24, 2.45) is 4.99 Å². The van der Waals surface area contributed by atoms with E-state index in [1.807, 2.05) is 17.8 Å². The van der Waals surface area contributed by atoms with Crippen molar-refractivity contribution < 1.29 is 14.6 Å². The molecule has 0 aliphatic carbocycles. The second-order valence-electron chi connectivity index (χ2n) is 6.19. The van der Waals surface area contributed by atoms with Crippen molar-refractivity contribution in [3.63, 3.8) is 0 Å². The van der Waals surface area contributed by atoms with Crippen LogP contribution in [0.3, 0.4) is 0 Å². The molecule has 2 aliphatic rings. The fraction of sp³-hybridized carbons (Fsp3) is 0.588. The summed E-state index contributed by atoms with van der Waals surface area (Å²) in [4.78, 5) is 15.5. The molecule has 0 aromatic carbocycles. The highest BCUT2D eigenvalue weighted by Gasteiger charge is 2.24. The largest absolute Gasteiger partial charge is 0.390 e. The van der Waals surface area contributed by atoms with Crippen molar-refractivity contribution in [3.05, 3.63) is 23.0 Å². The van der Waals surface area contributed by atoms with Gasteiger partial charge in [0.2, 0.25) is 6.41 Å². The SMILES string of the molecule is CCn1ncc2c1N=C(CO)C(CNC=O)=C(NC1CCOCC1)C2. The van der Waals surface area contributed by atoms with Crippen molar-refractivity contribution in [3.8, 4) is 0 Å². The Morgan fingerprint density at radius 3 is 2.92 bits per heavy atom. The van der Waals surface area contributed by atoms with E-state index in [4.69, 9.17) is 4.74 Å². The van der Waals surface area contributed by atoms with Crippen molar-refractivity contribution in [1.82, 2.24) is 20.4 Å². The smallest absolute Gasteiger partial charge is 0.207 e. The number of hydrogen-bond donors (Lipinski definition) is 3. The molecule has 8 nitrogen and oxygen atoms in total. The molecule has 8 heteroatoms. The van der Waals surface area contributed by atoms with E-state index in [2.05, 4.69) is 20.7 Å². The Labute approximate surface area is 147 Å². The molecular formula is C17H25N5O3. The number of carbonyl (C=O) groups is 1. The molecule has 3 heterocycles. The van der Waals surface area contributed by atoms with E-state index >= 15 is 0 Å². The van der Waals surface area contributed by atoms with Gasteiger partial charge in [0.15, 0.2) is 5.82 Å². The number of aliphatic hydroxyl groups excluding tert-OH is 1. The first-order chi connectivity index (χ1) is 12.3. The van der Waals surface area contributed by atoms with Crippen molar-refractivity contribution >= 4 is 17.9 Å². The van der Waals surface area contributed by atoms with Crippen LogP contribution in [0.1, 0.15) is 25.3 Å². The number of nitrogens with zero attached hydrogens (tertiary/aromatic N) is 3. The Hall–Kier alpha value is -2.19. The summed E-state index contributed by atoms with van der Waals surface area (Å²) in [5.74, 6) is 0.777. The van der Waals surface area contributed by atoms with Crippen LogP contribution in [0.4, 0.5) is 5.82 Å². The van der Waals surface area contributed by atoms with Crippen LogP contribution in [0, 0.1) is 0 Å². The molecule has 1 amide bonds. The zero-order chi connectivity index (χ0) is 17.6. The number of aryl methyl sites for hydroxylation is 1. The minimum atomic E-state index is -0.191. The highest BCUT2D eigenvalue weighted by molar-refractivity contribution is 6.04. The maximum Gasteiger partial charge on any atom is 0.207 e. The van der Waals surface area contributed by atoms with E-state index in [0.717, 1.165) is 48.7 Å². The zero-order valence-corrected chi connectivity index (χ0v) is 14.5. The lowest BCUT2D eigenvalue weighted by atomic mass is 10.0. The number of ether oxygens (including phenoxy) is 1. The van der Waals surface area contributed by atoms with E-state index in [1.165, 1.54) is 0 Å². The van der Waals surface area contributed by atoms with E-state index in [-0.39, 0.29) is 6.61 Å². The van der Waals surface area contributed by atoms with Gasteiger partial charge in [-0.1, -0.05) is 0 Å². The van der Waals surface area contributed by atoms with E-state index in [0.29, 0.717) is 37.7 Å². The van der Waals surface area contributed by atoms with Gasteiger partial charge in [0.25, 0.3) is 0 Å². The number of aromatic nitrogens is 2. The number of carbonyl (C=O) groups excluding carboxylic acids is 1. The molecular weight excluding hydrogens is 322 g/mol. The van der Waals surface area contributed by atoms with Gasteiger partial charge in [0.05, 0.1) is 18.5 Å². The molecule has 0 atom stereocenters. The fourth-order valence-electron chi connectivity index (χ4n) is 3.28. The summed E-state index contributed by atoms with van der Waals surface area (Å²) in [7, 11) is 0. The van der Waals surface area contributed by atoms with Crippen LogP contribution in [0.15, 0.2) is 22.5 Å². The molecule has 3 rings (SSSR count). The second kappa shape index (κ2) is 8.26. The Balaban J connectivity index is 1.96. The molecule has 1 fully saturated rings. The third-order valence-electron chi connectivity index (χ3n) is 4.62. The number of aliphatic hydroxyl groups is 1. The highest BCUT2D eigenvalue weighted by Crippen LogP contribution is 2.28. The summed E-state index contributed by atoms with van der Waals surface area (Å²) in [6.07, 6.45) is 5.02. The lowest BCUT2D eigenvalue weighted by Crippen LogP contribution is -2.37. The summed E-state index contributed by atoms with van der Waals surface area (Å²) < 4.78 is 7.26. The third kappa shape index (κ3) is 3.91. The zero-order valence-electron chi connectivity index (χ0n) is 14.5. The van der Waals surface area contributed by atoms with Gasteiger partial charge in [-0.2, -0.15) is 5.10 Å². The number of aliphatic imine (C=N–C) groups is 1. The van der Waals surface area contributed by atoms with E-state index in [9.17, 15) is 9.90 Å². The minimum absolute atomic E-state index is 0.191. The molecule has 3 N–H and O–H groups in total. The Kier molecular flexibility index (Phi) is 5.83. The molecule has 0 radical (unpaired) electrons. The van der Waals surface area contributed by atoms with Gasteiger partial charge >= 0.3 is 0 Å². The predicted octanol–water partition coefficient (Wildman–Crippen LogP) is 0.293. The number of hydrogen-bond acceptors (Lipinski definition) is 6. The first kappa shape index (κ1) is 17.6. The summed E-state index contributed by atoms with van der Waals surface area (Å²) in [5.41, 5.74) is 3.42. The summed E-state index contributed by atoms with van der Waals surface area (Å²) in [6.45, 7) is 4.35. The summed E-state index contributed by atoms with van der Waals surface area (Å²) >= 11 is 0. The van der Waals surface area contributed by atoms with Gasteiger partial charge in [-0.25, -0.2) is 9.67 Å². The molecule has 2 aliphatic heterocycles. The molecule has 25 heavy (non-hydrogen) atoms. The molecule has 0 bridgehead atoms. The predicted molar refractivity (Wildman–Crippen MR) is 93.9 cm³/mol. The quantitative estimate of drug-likeness (QED) is 0.616. The van der Waals surface area contributed by atoms with Gasteiger partial charge in [-0.05, 0) is 19.8 Å². The van der Waals surface area contributed by atoms with Gasteiger partial charge in [-0.15, -0.1) is 0 Å². The van der Waals surface area contributed by atoms with Crippen LogP contribution < -0.4 is 10.6 Å². The molecule has 136 valence electrons. The van der Waals surface area contributed by atoms with Crippen LogP contribution >= 0.6 is 0 Å². The average Bonchev–Trinajstić information content (AvgIpc) is 2.96. The maximum absolute atomic E-state index is 10.8. The second-order valence-corrected chi connectivity index (χ2v) is 6.19. The van der Waals surface area contributed by atoms with Crippen LogP contribution in [0.2, 0.25) is 0 Å². The van der Waals surface area contributed by atoms with Crippen LogP contribution in [-0.4, -0.2) is 59.4 Å². The number of rotatable bonds is 7. The normalized spacial score (nSPS) is 18.4. The molecule has 0 unspecified atom stereocenters. The molecule has 1 aromatic heterocycles. The van der Waals surface area contributed by atoms with Crippen molar-refractivity contribution in [1.29, 1.82) is 0 Å². The minimum Gasteiger partial charge on any atom is -0.390 e. The molecule has 1 aromatic rings. The lowest BCUT2D eigenvalue weighted by Gasteiger charge is -2.27. The summed E-state index contributed by atoms with van der Waals surface area (Å²) in [6, 6.07) is 0.317. The topological polar surface area (TPSA) is 101 Å². The number of amides is 1. The Bertz CT molecular complexity index is 674. The monoisotopic (exact) mass is 347 g/mol. The number of allylic oxidation sites excluding steroid dienone is 1.